The summed E-state index contributed by atoms with van der Waals surface area (Å²) in [7, 11) is -2.27. The molecule has 0 unspecified atom stereocenters. The molecule has 33 heavy (non-hydrogen) atoms. The van der Waals surface area contributed by atoms with Crippen LogP contribution in [-0.4, -0.2) is 21.4 Å². The van der Waals surface area contributed by atoms with Crippen molar-refractivity contribution in [2.45, 2.75) is 45.1 Å². The van der Waals surface area contributed by atoms with Gasteiger partial charge < -0.3 is 10.1 Å². The van der Waals surface area contributed by atoms with Crippen molar-refractivity contribution in [2.75, 3.05) is 11.8 Å². The van der Waals surface area contributed by atoms with Crippen LogP contribution in [0.25, 0.3) is 0 Å². The molecule has 3 aromatic rings. The zero-order valence-corrected chi connectivity index (χ0v) is 20.4. The van der Waals surface area contributed by atoms with E-state index in [-0.39, 0.29) is 22.4 Å². The summed E-state index contributed by atoms with van der Waals surface area (Å²) in [5.74, 6) is 0.408. The Morgan fingerprint density at radius 1 is 0.939 bits per heavy atom. The fourth-order valence-electron chi connectivity index (χ4n) is 3.77. The van der Waals surface area contributed by atoms with E-state index in [9.17, 15) is 13.2 Å². The number of amides is 1. The van der Waals surface area contributed by atoms with Crippen LogP contribution >= 0.6 is 0 Å². The number of benzene rings is 3. The first-order valence-electron chi connectivity index (χ1n) is 10.8. The number of carbonyl (C=O) groups excluding carboxylic acids is 1. The Bertz CT molecular complexity index is 1230. The van der Waals surface area contributed by atoms with Gasteiger partial charge in [0.1, 0.15) is 5.75 Å². The molecule has 0 saturated carbocycles. The lowest BCUT2D eigenvalue weighted by molar-refractivity contribution is 0.0935. The highest BCUT2D eigenvalue weighted by Crippen LogP contribution is 2.24. The van der Waals surface area contributed by atoms with Gasteiger partial charge in [-0.3, -0.25) is 9.52 Å². The summed E-state index contributed by atoms with van der Waals surface area (Å²) in [6.45, 7) is 7.51. The third kappa shape index (κ3) is 5.93. The number of carbonyl (C=O) groups is 1. The molecule has 3 aromatic carbocycles. The van der Waals surface area contributed by atoms with Crippen LogP contribution in [0.2, 0.25) is 0 Å². The van der Waals surface area contributed by atoms with Crippen molar-refractivity contribution in [1.29, 1.82) is 0 Å². The molecule has 0 aliphatic heterocycles. The van der Waals surface area contributed by atoms with Gasteiger partial charge in [0.2, 0.25) is 0 Å². The van der Waals surface area contributed by atoms with Gasteiger partial charge in [0.15, 0.2) is 0 Å². The molecule has 0 aliphatic rings. The Kier molecular flexibility index (Phi) is 7.43. The van der Waals surface area contributed by atoms with E-state index in [0.29, 0.717) is 17.7 Å². The molecule has 6 nitrogen and oxygen atoms in total. The fourth-order valence-corrected chi connectivity index (χ4v) is 5.09. The topological polar surface area (TPSA) is 84.5 Å². The summed E-state index contributed by atoms with van der Waals surface area (Å²) in [6, 6.07) is 17.5. The van der Waals surface area contributed by atoms with Crippen LogP contribution in [0.3, 0.4) is 0 Å². The Hall–Kier alpha value is -3.32. The van der Waals surface area contributed by atoms with Crippen LogP contribution in [0.15, 0.2) is 65.6 Å². The highest BCUT2D eigenvalue weighted by atomic mass is 32.2. The van der Waals surface area contributed by atoms with Gasteiger partial charge in [0.25, 0.3) is 15.9 Å². The van der Waals surface area contributed by atoms with E-state index < -0.39 is 10.0 Å². The largest absolute Gasteiger partial charge is 0.497 e. The summed E-state index contributed by atoms with van der Waals surface area (Å²) in [6.07, 6.45) is 0.684. The van der Waals surface area contributed by atoms with E-state index in [1.807, 2.05) is 51.1 Å². The Labute approximate surface area is 196 Å². The second kappa shape index (κ2) is 10.1. The van der Waals surface area contributed by atoms with Gasteiger partial charge in [-0.25, -0.2) is 8.42 Å². The minimum Gasteiger partial charge on any atom is -0.497 e. The van der Waals surface area contributed by atoms with Crippen molar-refractivity contribution in [3.63, 3.8) is 0 Å². The first-order valence-corrected chi connectivity index (χ1v) is 12.3. The number of sulfonamides is 1. The molecular weight excluding hydrogens is 436 g/mol. The lowest BCUT2D eigenvalue weighted by Crippen LogP contribution is -2.28. The van der Waals surface area contributed by atoms with Crippen LogP contribution in [-0.2, 0) is 10.0 Å². The second-order valence-corrected chi connectivity index (χ2v) is 9.82. The minimum absolute atomic E-state index is 0.0757. The maximum Gasteiger partial charge on any atom is 0.262 e. The van der Waals surface area contributed by atoms with Crippen LogP contribution < -0.4 is 14.8 Å². The van der Waals surface area contributed by atoms with Gasteiger partial charge in [-0.05, 0) is 85.8 Å². The Morgan fingerprint density at radius 3 is 2.15 bits per heavy atom. The summed E-state index contributed by atoms with van der Waals surface area (Å²) in [5.41, 5.74) is 4.21. The van der Waals surface area contributed by atoms with Crippen molar-refractivity contribution in [3.8, 4) is 5.75 Å². The summed E-state index contributed by atoms with van der Waals surface area (Å²) >= 11 is 0. The number of anilines is 1. The maximum absolute atomic E-state index is 13.1. The van der Waals surface area contributed by atoms with Gasteiger partial charge in [-0.15, -0.1) is 0 Å². The molecule has 3 rings (SSSR count). The zero-order valence-electron chi connectivity index (χ0n) is 19.6. The molecule has 0 aliphatic carbocycles. The molecular formula is C26H30N2O4S. The number of aryl methyl sites for hydroxylation is 3. The molecule has 1 atom stereocenters. The highest BCUT2D eigenvalue weighted by molar-refractivity contribution is 7.92. The van der Waals surface area contributed by atoms with Crippen molar-refractivity contribution in [2.24, 2.45) is 0 Å². The third-order valence-corrected chi connectivity index (χ3v) is 6.97. The van der Waals surface area contributed by atoms with Crippen LogP contribution in [0.1, 0.15) is 52.0 Å². The molecule has 1 amide bonds. The van der Waals surface area contributed by atoms with E-state index in [0.717, 1.165) is 22.4 Å². The summed E-state index contributed by atoms with van der Waals surface area (Å²) < 4.78 is 34.1. The summed E-state index contributed by atoms with van der Waals surface area (Å²) in [5, 5.41) is 3.00. The zero-order chi connectivity index (χ0) is 24.2. The average molecular weight is 467 g/mol. The van der Waals surface area contributed by atoms with E-state index >= 15 is 0 Å². The first-order chi connectivity index (χ1) is 15.6. The fraction of sp³-hybridized carbons (Fsp3) is 0.269. The van der Waals surface area contributed by atoms with Gasteiger partial charge in [-0.1, -0.05) is 31.2 Å². The van der Waals surface area contributed by atoms with Crippen molar-refractivity contribution >= 4 is 21.6 Å². The minimum atomic E-state index is -3.87. The van der Waals surface area contributed by atoms with Crippen molar-refractivity contribution in [1.82, 2.24) is 5.32 Å². The molecule has 7 heteroatoms. The Balaban J connectivity index is 1.85. The van der Waals surface area contributed by atoms with Crippen molar-refractivity contribution < 1.29 is 17.9 Å². The van der Waals surface area contributed by atoms with E-state index in [1.165, 1.54) is 6.07 Å². The van der Waals surface area contributed by atoms with Crippen LogP contribution in [0, 0.1) is 20.8 Å². The molecule has 2 N–H and O–H groups in total. The second-order valence-electron chi connectivity index (χ2n) is 8.17. The van der Waals surface area contributed by atoms with E-state index in [1.54, 1.807) is 38.3 Å². The number of ether oxygens (including phenoxy) is 1. The molecule has 0 radical (unpaired) electrons. The predicted molar refractivity (Wildman–Crippen MR) is 131 cm³/mol. The monoisotopic (exact) mass is 466 g/mol. The molecule has 0 spiro atoms. The van der Waals surface area contributed by atoms with E-state index in [4.69, 9.17) is 4.74 Å². The van der Waals surface area contributed by atoms with Gasteiger partial charge in [-0.2, -0.15) is 0 Å². The first kappa shape index (κ1) is 24.3. The lowest BCUT2D eigenvalue weighted by atomic mass is 10.0. The lowest BCUT2D eigenvalue weighted by Gasteiger charge is -2.18. The summed E-state index contributed by atoms with van der Waals surface area (Å²) in [4.78, 5) is 13.1. The predicted octanol–water partition coefficient (Wildman–Crippen LogP) is 5.30. The van der Waals surface area contributed by atoms with E-state index in [2.05, 4.69) is 10.0 Å². The molecule has 0 aromatic heterocycles. The Morgan fingerprint density at radius 2 is 1.58 bits per heavy atom. The van der Waals surface area contributed by atoms with Gasteiger partial charge in [0, 0.05) is 11.3 Å². The molecule has 0 saturated heterocycles. The maximum atomic E-state index is 13.1. The molecule has 0 heterocycles. The number of rotatable bonds is 8. The molecule has 0 fully saturated rings. The van der Waals surface area contributed by atoms with Gasteiger partial charge in [0.05, 0.1) is 18.0 Å². The van der Waals surface area contributed by atoms with Gasteiger partial charge >= 0.3 is 0 Å². The third-order valence-electron chi connectivity index (χ3n) is 5.45. The van der Waals surface area contributed by atoms with Crippen LogP contribution in [0.4, 0.5) is 5.69 Å². The average Bonchev–Trinajstić information content (AvgIpc) is 2.76. The smallest absolute Gasteiger partial charge is 0.262 e. The highest BCUT2D eigenvalue weighted by Gasteiger charge is 2.21. The van der Waals surface area contributed by atoms with Crippen molar-refractivity contribution in [3.05, 3.63) is 88.5 Å². The molecule has 174 valence electrons. The number of nitrogens with one attached hydrogen (secondary N) is 2. The standard InChI is InChI=1S/C26H30N2O4S/c1-6-24(20-9-11-23(32-5)12-10-20)27-26(29)21-8-7-19(4)25(16-21)33(30,31)28-22-14-17(2)13-18(3)15-22/h7-16,24,28H,6H2,1-5H3,(H,27,29)/t24-/m1/s1. The number of hydrogen-bond acceptors (Lipinski definition) is 4. The quantitative estimate of drug-likeness (QED) is 0.472. The number of hydrogen-bond donors (Lipinski definition) is 2. The normalized spacial score (nSPS) is 12.2. The number of methoxy groups -OCH3 is 1. The molecule has 0 bridgehead atoms. The van der Waals surface area contributed by atoms with Crippen LogP contribution in [0.5, 0.6) is 5.75 Å². The SMILES string of the molecule is CC[C@@H](NC(=O)c1ccc(C)c(S(=O)(=O)Nc2cc(C)cc(C)c2)c1)c1ccc(OC)cc1.